The summed E-state index contributed by atoms with van der Waals surface area (Å²) in [5.41, 5.74) is 1.42. The first-order valence-corrected chi connectivity index (χ1v) is 10.9. The van der Waals surface area contributed by atoms with Crippen LogP contribution in [0.2, 0.25) is 5.02 Å². The van der Waals surface area contributed by atoms with E-state index in [1.807, 2.05) is 13.8 Å². The Balaban J connectivity index is 1.46. The van der Waals surface area contributed by atoms with Crippen molar-refractivity contribution in [2.75, 3.05) is 30.0 Å². The Morgan fingerprint density at radius 1 is 1.12 bits per heavy atom. The van der Waals surface area contributed by atoms with E-state index in [2.05, 4.69) is 5.32 Å². The van der Waals surface area contributed by atoms with Crippen molar-refractivity contribution >= 4 is 46.7 Å². The van der Waals surface area contributed by atoms with Gasteiger partial charge in [-0.25, -0.2) is 4.79 Å². The summed E-state index contributed by atoms with van der Waals surface area (Å²) in [6.45, 7) is 3.89. The largest absolute Gasteiger partial charge is 0.462 e. The first-order chi connectivity index (χ1) is 15.7. The maximum Gasteiger partial charge on any atom is 0.338 e. The second kappa shape index (κ2) is 11.0. The molecular formula is C24H25ClN2O6. The normalized spacial score (nSPS) is 15.5. The van der Waals surface area contributed by atoms with Gasteiger partial charge >= 0.3 is 11.9 Å². The molecule has 0 spiro atoms. The van der Waals surface area contributed by atoms with Gasteiger partial charge in [-0.3, -0.25) is 14.4 Å². The number of anilines is 2. The molecule has 2 amide bonds. The Labute approximate surface area is 196 Å². The Morgan fingerprint density at radius 2 is 1.85 bits per heavy atom. The molecule has 3 rings (SSSR count). The van der Waals surface area contributed by atoms with E-state index in [9.17, 15) is 19.2 Å². The Kier molecular flexibility index (Phi) is 8.06. The zero-order valence-corrected chi connectivity index (χ0v) is 19.1. The summed E-state index contributed by atoms with van der Waals surface area (Å²) in [6.07, 6.45) is 0.00133. The summed E-state index contributed by atoms with van der Waals surface area (Å²) in [5, 5.41) is 3.08. The third-order valence-electron chi connectivity index (χ3n) is 4.88. The number of hydrogen-bond donors (Lipinski definition) is 1. The van der Waals surface area contributed by atoms with Crippen LogP contribution in [0.3, 0.4) is 0 Å². The first-order valence-electron chi connectivity index (χ1n) is 10.5. The van der Waals surface area contributed by atoms with Crippen LogP contribution in [0.25, 0.3) is 0 Å². The minimum atomic E-state index is -0.666. The van der Waals surface area contributed by atoms with Crippen LogP contribution in [-0.4, -0.2) is 43.5 Å². The van der Waals surface area contributed by atoms with Gasteiger partial charge in [0.25, 0.3) is 5.91 Å². The van der Waals surface area contributed by atoms with E-state index in [1.165, 1.54) is 4.90 Å². The Hall–Kier alpha value is -3.39. The summed E-state index contributed by atoms with van der Waals surface area (Å²) >= 11 is 5.97. The maximum atomic E-state index is 12.4. The highest BCUT2D eigenvalue weighted by atomic mass is 35.5. The molecule has 1 atom stereocenters. The molecule has 33 heavy (non-hydrogen) atoms. The average Bonchev–Trinajstić information content (AvgIpc) is 3.18. The quantitative estimate of drug-likeness (QED) is 0.588. The first kappa shape index (κ1) is 24.3. The van der Waals surface area contributed by atoms with Crippen molar-refractivity contribution in [3.05, 3.63) is 59.1 Å². The third kappa shape index (κ3) is 6.79. The Bertz CT molecular complexity index is 1040. The minimum absolute atomic E-state index is 0.00133. The molecule has 9 heteroatoms. The van der Waals surface area contributed by atoms with Crippen molar-refractivity contribution in [2.45, 2.75) is 20.3 Å². The summed E-state index contributed by atoms with van der Waals surface area (Å²) in [5.74, 6) is -2.23. The minimum Gasteiger partial charge on any atom is -0.462 e. The van der Waals surface area contributed by atoms with Crippen LogP contribution >= 0.6 is 11.6 Å². The standard InChI is InChI=1S/C24H25ClN2O6/c1-15(2)13-32-23(30)16-6-8-19(9-7-16)26-21(28)14-33-24(31)17-10-22(29)27(12-17)20-5-3-4-18(25)11-20/h3-9,11,15,17H,10,12-14H2,1-2H3,(H,26,28)/t17-/m0/s1. The van der Waals surface area contributed by atoms with Crippen molar-refractivity contribution < 1.29 is 28.7 Å². The lowest BCUT2D eigenvalue weighted by Gasteiger charge is -2.16. The predicted molar refractivity (Wildman–Crippen MR) is 123 cm³/mol. The smallest absolute Gasteiger partial charge is 0.338 e. The molecule has 0 bridgehead atoms. The average molecular weight is 473 g/mol. The van der Waals surface area contributed by atoms with Crippen molar-refractivity contribution in [1.29, 1.82) is 0 Å². The number of rotatable bonds is 8. The number of esters is 2. The number of hydrogen-bond acceptors (Lipinski definition) is 6. The fourth-order valence-electron chi connectivity index (χ4n) is 3.23. The molecule has 1 aliphatic rings. The van der Waals surface area contributed by atoms with Gasteiger partial charge in [0.1, 0.15) is 0 Å². The molecule has 8 nitrogen and oxygen atoms in total. The molecule has 0 aromatic heterocycles. The van der Waals surface area contributed by atoms with E-state index in [4.69, 9.17) is 21.1 Å². The summed E-state index contributed by atoms with van der Waals surface area (Å²) < 4.78 is 10.3. The van der Waals surface area contributed by atoms with E-state index in [-0.39, 0.29) is 24.8 Å². The molecule has 1 aliphatic heterocycles. The van der Waals surface area contributed by atoms with Crippen molar-refractivity contribution in [3.63, 3.8) is 0 Å². The molecule has 0 radical (unpaired) electrons. The second-order valence-corrected chi connectivity index (χ2v) is 8.55. The van der Waals surface area contributed by atoms with Gasteiger partial charge in [-0.1, -0.05) is 31.5 Å². The van der Waals surface area contributed by atoms with Crippen LogP contribution in [0, 0.1) is 11.8 Å². The van der Waals surface area contributed by atoms with Gasteiger partial charge in [0.05, 0.1) is 18.1 Å². The highest BCUT2D eigenvalue weighted by molar-refractivity contribution is 6.31. The van der Waals surface area contributed by atoms with Gasteiger partial charge in [-0.15, -0.1) is 0 Å². The fraction of sp³-hybridized carbons (Fsp3) is 0.333. The lowest BCUT2D eigenvalue weighted by Crippen LogP contribution is -2.28. The highest BCUT2D eigenvalue weighted by Crippen LogP contribution is 2.27. The van der Waals surface area contributed by atoms with Crippen LogP contribution in [0.4, 0.5) is 11.4 Å². The van der Waals surface area contributed by atoms with Crippen LogP contribution in [0.15, 0.2) is 48.5 Å². The highest BCUT2D eigenvalue weighted by Gasteiger charge is 2.36. The molecule has 1 saturated heterocycles. The predicted octanol–water partition coefficient (Wildman–Crippen LogP) is 3.69. The summed E-state index contributed by atoms with van der Waals surface area (Å²) in [7, 11) is 0. The maximum absolute atomic E-state index is 12.4. The number of carbonyl (C=O) groups is 4. The number of amides is 2. The van der Waals surface area contributed by atoms with Crippen molar-refractivity contribution in [3.8, 4) is 0 Å². The molecule has 2 aromatic carbocycles. The van der Waals surface area contributed by atoms with Gasteiger partial charge in [-0.2, -0.15) is 0 Å². The van der Waals surface area contributed by atoms with E-state index in [1.54, 1.807) is 48.5 Å². The molecule has 1 heterocycles. The van der Waals surface area contributed by atoms with Gasteiger partial charge in [0.15, 0.2) is 6.61 Å². The topological polar surface area (TPSA) is 102 Å². The van der Waals surface area contributed by atoms with Crippen LogP contribution in [0.1, 0.15) is 30.6 Å². The van der Waals surface area contributed by atoms with E-state index in [0.717, 1.165) is 0 Å². The van der Waals surface area contributed by atoms with E-state index >= 15 is 0 Å². The molecule has 1 N–H and O–H groups in total. The van der Waals surface area contributed by atoms with Crippen LogP contribution in [0.5, 0.6) is 0 Å². The van der Waals surface area contributed by atoms with Gasteiger partial charge in [-0.05, 0) is 48.4 Å². The lowest BCUT2D eigenvalue weighted by atomic mass is 10.1. The number of halogens is 1. The van der Waals surface area contributed by atoms with Gasteiger partial charge in [0.2, 0.25) is 5.91 Å². The number of nitrogens with zero attached hydrogens (tertiary/aromatic N) is 1. The van der Waals surface area contributed by atoms with Gasteiger partial charge in [0, 0.05) is 29.4 Å². The van der Waals surface area contributed by atoms with E-state index < -0.39 is 30.4 Å². The summed E-state index contributed by atoms with van der Waals surface area (Å²) in [6, 6.07) is 13.0. The Morgan fingerprint density at radius 3 is 2.52 bits per heavy atom. The fourth-order valence-corrected chi connectivity index (χ4v) is 3.41. The number of ether oxygens (including phenoxy) is 2. The van der Waals surface area contributed by atoms with Crippen molar-refractivity contribution in [2.24, 2.45) is 11.8 Å². The molecule has 2 aromatic rings. The zero-order valence-electron chi connectivity index (χ0n) is 18.4. The second-order valence-electron chi connectivity index (χ2n) is 8.11. The van der Waals surface area contributed by atoms with Crippen LogP contribution < -0.4 is 10.2 Å². The SMILES string of the molecule is CC(C)COC(=O)c1ccc(NC(=O)COC(=O)[C@H]2CC(=O)N(c3cccc(Cl)c3)C2)cc1. The van der Waals surface area contributed by atoms with Crippen molar-refractivity contribution in [1.82, 2.24) is 0 Å². The number of nitrogens with one attached hydrogen (secondary N) is 1. The molecule has 0 unspecified atom stereocenters. The molecule has 0 aliphatic carbocycles. The van der Waals surface area contributed by atoms with Gasteiger partial charge < -0.3 is 19.7 Å². The molecule has 1 fully saturated rings. The monoisotopic (exact) mass is 472 g/mol. The third-order valence-corrected chi connectivity index (χ3v) is 5.11. The van der Waals surface area contributed by atoms with E-state index in [0.29, 0.717) is 28.6 Å². The summed E-state index contributed by atoms with van der Waals surface area (Å²) in [4.78, 5) is 50.2. The molecule has 174 valence electrons. The molecular weight excluding hydrogens is 448 g/mol. The lowest BCUT2D eigenvalue weighted by molar-refractivity contribution is -0.151. The zero-order chi connectivity index (χ0) is 24.0. The number of carbonyl (C=O) groups excluding carboxylic acids is 4. The molecule has 0 saturated carbocycles. The van der Waals surface area contributed by atoms with Crippen LogP contribution in [-0.2, 0) is 23.9 Å². The number of benzene rings is 2.